The fraction of sp³-hybridized carbons (Fsp3) is 0.500. The zero-order chi connectivity index (χ0) is 16.1. The Hall–Kier alpha value is -1.82. The molecular weight excluding hydrogens is 296 g/mol. The number of thiazole rings is 1. The molecule has 1 saturated carbocycles. The van der Waals surface area contributed by atoms with E-state index in [4.69, 9.17) is 11.5 Å². The number of nitrogens with one attached hydrogen (secondary N) is 1. The average molecular weight is 320 g/mol. The van der Waals surface area contributed by atoms with Gasteiger partial charge in [-0.15, -0.1) is 11.3 Å². The van der Waals surface area contributed by atoms with Gasteiger partial charge in [-0.05, 0) is 38.7 Å². The molecular formula is C16H24N4OS. The van der Waals surface area contributed by atoms with Gasteiger partial charge in [0.1, 0.15) is 0 Å². The number of nitrogens with zero attached hydrogens (tertiary/aromatic N) is 1. The Morgan fingerprint density at radius 3 is 2.77 bits per heavy atom. The third-order valence-electron chi connectivity index (χ3n) is 4.01. The number of aromatic nitrogens is 1. The van der Waals surface area contributed by atoms with E-state index in [1.165, 1.54) is 43.2 Å². The number of nitrogens with two attached hydrogens (primary N) is 2. The summed E-state index contributed by atoms with van der Waals surface area (Å²) in [6.07, 6.45) is 9.85. The molecule has 5 N–H and O–H groups in total. The first kappa shape index (κ1) is 16.5. The molecule has 1 amide bonds. The topological polar surface area (TPSA) is 94.0 Å². The van der Waals surface area contributed by atoms with E-state index in [0.717, 1.165) is 10.5 Å². The first-order chi connectivity index (χ1) is 10.5. The van der Waals surface area contributed by atoms with Gasteiger partial charge in [0.2, 0.25) is 0 Å². The summed E-state index contributed by atoms with van der Waals surface area (Å²) in [7, 11) is 0. The minimum absolute atomic E-state index is 0.111. The Kier molecular flexibility index (Phi) is 5.60. The molecule has 1 heterocycles. The minimum Gasteiger partial charge on any atom is -0.404 e. The molecule has 1 atom stereocenters. The molecule has 0 spiro atoms. The van der Waals surface area contributed by atoms with Crippen LogP contribution in [0.2, 0.25) is 0 Å². The van der Waals surface area contributed by atoms with Crippen LogP contribution in [0.15, 0.2) is 24.2 Å². The van der Waals surface area contributed by atoms with E-state index < -0.39 is 0 Å². The Morgan fingerprint density at radius 1 is 1.50 bits per heavy atom. The van der Waals surface area contributed by atoms with Gasteiger partial charge in [-0.1, -0.05) is 12.8 Å². The molecule has 2 rings (SSSR count). The van der Waals surface area contributed by atoms with E-state index in [2.05, 4.69) is 17.2 Å². The molecule has 1 fully saturated rings. The number of rotatable bonds is 5. The molecule has 22 heavy (non-hydrogen) atoms. The monoisotopic (exact) mass is 320 g/mol. The van der Waals surface area contributed by atoms with Crippen molar-refractivity contribution in [1.82, 2.24) is 10.3 Å². The quantitative estimate of drug-likeness (QED) is 0.727. The van der Waals surface area contributed by atoms with Crippen molar-refractivity contribution in [3.63, 3.8) is 0 Å². The Morgan fingerprint density at radius 2 is 2.18 bits per heavy atom. The SMILES string of the molecule is C/C(N)=C/C(=C\N)c1cnc(C(=O)NC(C)C2CCCC2)s1. The van der Waals surface area contributed by atoms with Crippen molar-refractivity contribution >= 4 is 22.8 Å². The lowest BCUT2D eigenvalue weighted by molar-refractivity contribution is 0.0927. The van der Waals surface area contributed by atoms with E-state index in [1.807, 2.05) is 0 Å². The number of amides is 1. The van der Waals surface area contributed by atoms with E-state index >= 15 is 0 Å². The lowest BCUT2D eigenvalue weighted by Crippen LogP contribution is -2.37. The molecule has 1 aromatic rings. The van der Waals surface area contributed by atoms with Crippen molar-refractivity contribution in [3.05, 3.63) is 34.1 Å². The van der Waals surface area contributed by atoms with Gasteiger partial charge < -0.3 is 16.8 Å². The molecule has 6 heteroatoms. The lowest BCUT2D eigenvalue weighted by Gasteiger charge is -2.19. The fourth-order valence-corrected chi connectivity index (χ4v) is 3.62. The molecule has 5 nitrogen and oxygen atoms in total. The maximum atomic E-state index is 12.3. The summed E-state index contributed by atoms with van der Waals surface area (Å²) in [6, 6.07) is 0.193. The van der Waals surface area contributed by atoms with Crippen LogP contribution in [0.4, 0.5) is 0 Å². The first-order valence-electron chi connectivity index (χ1n) is 7.64. The molecule has 0 aromatic carbocycles. The smallest absolute Gasteiger partial charge is 0.280 e. The van der Waals surface area contributed by atoms with Gasteiger partial charge in [0, 0.05) is 29.7 Å². The molecule has 1 aromatic heterocycles. The Balaban J connectivity index is 2.04. The molecule has 0 bridgehead atoms. The zero-order valence-electron chi connectivity index (χ0n) is 13.1. The van der Waals surface area contributed by atoms with Gasteiger partial charge >= 0.3 is 0 Å². The Bertz CT molecular complexity index is 581. The van der Waals surface area contributed by atoms with E-state index in [0.29, 0.717) is 16.6 Å². The average Bonchev–Trinajstić information content (AvgIpc) is 3.15. The highest BCUT2D eigenvalue weighted by Crippen LogP contribution is 2.28. The van der Waals surface area contributed by atoms with Gasteiger partial charge in [0.15, 0.2) is 5.01 Å². The van der Waals surface area contributed by atoms with Crippen molar-refractivity contribution in [1.29, 1.82) is 0 Å². The van der Waals surface area contributed by atoms with Crippen LogP contribution in [0.5, 0.6) is 0 Å². The van der Waals surface area contributed by atoms with Crippen LogP contribution in [0, 0.1) is 5.92 Å². The van der Waals surface area contributed by atoms with Crippen molar-refractivity contribution < 1.29 is 4.79 Å². The summed E-state index contributed by atoms with van der Waals surface area (Å²) >= 11 is 1.33. The normalized spacial score (nSPS) is 18.5. The molecule has 0 aliphatic heterocycles. The molecule has 1 unspecified atom stereocenters. The van der Waals surface area contributed by atoms with E-state index in [-0.39, 0.29) is 11.9 Å². The van der Waals surface area contributed by atoms with Gasteiger partial charge in [0.25, 0.3) is 5.91 Å². The highest BCUT2D eigenvalue weighted by Gasteiger charge is 2.24. The van der Waals surface area contributed by atoms with E-state index in [1.54, 1.807) is 19.2 Å². The molecule has 1 aliphatic carbocycles. The maximum absolute atomic E-state index is 12.3. The predicted molar refractivity (Wildman–Crippen MR) is 91.1 cm³/mol. The van der Waals surface area contributed by atoms with Crippen LogP contribution in [-0.4, -0.2) is 16.9 Å². The largest absolute Gasteiger partial charge is 0.404 e. The third-order valence-corrected chi connectivity index (χ3v) is 5.06. The predicted octanol–water partition coefficient (Wildman–Crippen LogP) is 2.61. The number of carbonyl (C=O) groups excluding carboxylic acids is 1. The summed E-state index contributed by atoms with van der Waals surface area (Å²) in [4.78, 5) is 17.4. The summed E-state index contributed by atoms with van der Waals surface area (Å²) in [6.45, 7) is 3.87. The number of hydrogen-bond acceptors (Lipinski definition) is 5. The van der Waals surface area contributed by atoms with Gasteiger partial charge in [0.05, 0.1) is 4.88 Å². The highest BCUT2D eigenvalue weighted by atomic mass is 32.1. The van der Waals surface area contributed by atoms with Crippen LogP contribution in [0.1, 0.15) is 54.2 Å². The highest BCUT2D eigenvalue weighted by molar-refractivity contribution is 7.14. The minimum atomic E-state index is -0.111. The van der Waals surface area contributed by atoms with Crippen LogP contribution >= 0.6 is 11.3 Å². The van der Waals surface area contributed by atoms with E-state index in [9.17, 15) is 4.79 Å². The standard InChI is InChI=1S/C16H24N4OS/c1-10(18)7-13(8-17)14-9-19-16(22-14)15(21)20-11(2)12-5-3-4-6-12/h7-9,11-12H,3-6,17-18H2,1-2H3,(H,20,21)/b10-7-,13-8+. The summed E-state index contributed by atoms with van der Waals surface area (Å²) < 4.78 is 0. The fourth-order valence-electron chi connectivity index (χ4n) is 2.80. The van der Waals surface area contributed by atoms with Crippen LogP contribution in [0.3, 0.4) is 0 Å². The second-order valence-corrected chi connectivity index (χ2v) is 6.88. The maximum Gasteiger partial charge on any atom is 0.280 e. The summed E-state index contributed by atoms with van der Waals surface area (Å²) in [5.41, 5.74) is 12.7. The van der Waals surface area contributed by atoms with Gasteiger partial charge in [-0.3, -0.25) is 4.79 Å². The van der Waals surface area contributed by atoms with Crippen LogP contribution in [-0.2, 0) is 0 Å². The van der Waals surface area contributed by atoms with Crippen molar-refractivity contribution in [2.24, 2.45) is 17.4 Å². The second kappa shape index (κ2) is 7.45. The Labute approximate surface area is 135 Å². The zero-order valence-corrected chi connectivity index (χ0v) is 14.0. The third kappa shape index (κ3) is 4.10. The van der Waals surface area contributed by atoms with Crippen molar-refractivity contribution in [3.8, 4) is 0 Å². The lowest BCUT2D eigenvalue weighted by atomic mass is 10.00. The summed E-state index contributed by atoms with van der Waals surface area (Å²) in [5, 5.41) is 3.53. The van der Waals surface area contributed by atoms with Crippen LogP contribution in [0.25, 0.3) is 5.57 Å². The molecule has 1 aliphatic rings. The summed E-state index contributed by atoms with van der Waals surface area (Å²) in [5.74, 6) is 0.478. The van der Waals surface area contributed by atoms with Crippen molar-refractivity contribution in [2.45, 2.75) is 45.6 Å². The molecule has 0 radical (unpaired) electrons. The van der Waals surface area contributed by atoms with Gasteiger partial charge in [-0.2, -0.15) is 0 Å². The van der Waals surface area contributed by atoms with Crippen LogP contribution < -0.4 is 16.8 Å². The van der Waals surface area contributed by atoms with Crippen molar-refractivity contribution in [2.75, 3.05) is 0 Å². The number of carbonyl (C=O) groups is 1. The number of allylic oxidation sites excluding steroid dienone is 3. The second-order valence-electron chi connectivity index (χ2n) is 5.85. The number of hydrogen-bond donors (Lipinski definition) is 3. The first-order valence-corrected chi connectivity index (χ1v) is 8.45. The molecule has 0 saturated heterocycles. The molecule has 120 valence electrons. The van der Waals surface area contributed by atoms with Gasteiger partial charge in [-0.25, -0.2) is 4.98 Å².